The van der Waals surface area contributed by atoms with Crippen molar-refractivity contribution < 1.29 is 9.84 Å². The van der Waals surface area contributed by atoms with Crippen LogP contribution in [0.25, 0.3) is 0 Å². The molecule has 2 atom stereocenters. The molecule has 2 unspecified atom stereocenters. The van der Waals surface area contributed by atoms with Crippen molar-refractivity contribution in [1.82, 2.24) is 5.32 Å². The summed E-state index contributed by atoms with van der Waals surface area (Å²) in [5, 5.41) is 13.2. The molecule has 3 nitrogen and oxygen atoms in total. The summed E-state index contributed by atoms with van der Waals surface area (Å²) < 4.78 is 5.15. The van der Waals surface area contributed by atoms with Crippen molar-refractivity contribution in [2.24, 2.45) is 5.92 Å². The number of phenols is 1. The molecule has 0 radical (unpaired) electrons. The lowest BCUT2D eigenvalue weighted by atomic mass is 9.97. The van der Waals surface area contributed by atoms with Crippen molar-refractivity contribution in [3.8, 4) is 11.5 Å². The van der Waals surface area contributed by atoms with E-state index in [4.69, 9.17) is 4.74 Å². The van der Waals surface area contributed by atoms with Crippen LogP contribution in [0.1, 0.15) is 30.5 Å². The van der Waals surface area contributed by atoms with Gasteiger partial charge in [-0.3, -0.25) is 0 Å². The minimum atomic E-state index is 0.217. The number of phenolic OH excluding ortho intramolecular Hbond substituents is 1. The normalized spacial score (nSPS) is 24.7. The second-order valence-corrected chi connectivity index (χ2v) is 4.68. The molecule has 1 fully saturated rings. The molecular formula is C13H19NO2. The van der Waals surface area contributed by atoms with E-state index in [2.05, 4.69) is 12.2 Å². The molecule has 88 valence electrons. The van der Waals surface area contributed by atoms with Crippen LogP contribution in [0.2, 0.25) is 0 Å². The quantitative estimate of drug-likeness (QED) is 0.805. The zero-order valence-corrected chi connectivity index (χ0v) is 10.1. The number of ether oxygens (including phenoxy) is 1. The Morgan fingerprint density at radius 3 is 2.75 bits per heavy atom. The van der Waals surface area contributed by atoms with Crippen LogP contribution in [0.15, 0.2) is 12.1 Å². The van der Waals surface area contributed by atoms with Crippen molar-refractivity contribution in [1.29, 1.82) is 0 Å². The summed E-state index contributed by atoms with van der Waals surface area (Å²) in [5.41, 5.74) is 2.35. The van der Waals surface area contributed by atoms with Gasteiger partial charge in [-0.2, -0.15) is 0 Å². The minimum Gasteiger partial charge on any atom is -0.504 e. The van der Waals surface area contributed by atoms with Gasteiger partial charge in [-0.1, -0.05) is 6.92 Å². The second kappa shape index (κ2) is 4.34. The van der Waals surface area contributed by atoms with Crippen molar-refractivity contribution in [3.63, 3.8) is 0 Å². The number of aromatic hydroxyl groups is 1. The zero-order chi connectivity index (χ0) is 11.7. The van der Waals surface area contributed by atoms with Gasteiger partial charge in [0.15, 0.2) is 11.5 Å². The smallest absolute Gasteiger partial charge is 0.160 e. The Labute approximate surface area is 96.4 Å². The molecule has 3 heteroatoms. The van der Waals surface area contributed by atoms with E-state index in [0.29, 0.717) is 17.7 Å². The Kier molecular flexibility index (Phi) is 3.06. The van der Waals surface area contributed by atoms with Crippen LogP contribution in [0.5, 0.6) is 11.5 Å². The molecule has 0 spiro atoms. The fourth-order valence-corrected chi connectivity index (χ4v) is 2.38. The van der Waals surface area contributed by atoms with E-state index in [-0.39, 0.29) is 5.75 Å². The zero-order valence-electron chi connectivity index (χ0n) is 10.1. The van der Waals surface area contributed by atoms with Gasteiger partial charge in [0, 0.05) is 6.04 Å². The Morgan fingerprint density at radius 2 is 2.19 bits per heavy atom. The number of nitrogens with one attached hydrogen (secondary N) is 1. The SMILES string of the molecule is COc1cc(C2CC(C)CN2)c(C)cc1O. The Balaban J connectivity index is 2.33. The van der Waals surface area contributed by atoms with E-state index in [1.165, 1.54) is 5.56 Å². The molecule has 0 aromatic heterocycles. The number of hydrogen-bond acceptors (Lipinski definition) is 3. The third-order valence-electron chi connectivity index (χ3n) is 3.29. The molecule has 1 aromatic rings. The molecular weight excluding hydrogens is 202 g/mol. The van der Waals surface area contributed by atoms with Gasteiger partial charge in [-0.15, -0.1) is 0 Å². The molecule has 1 aliphatic rings. The number of methoxy groups -OCH3 is 1. The molecule has 1 heterocycles. The largest absolute Gasteiger partial charge is 0.504 e. The summed E-state index contributed by atoms with van der Waals surface area (Å²) in [6.07, 6.45) is 1.15. The molecule has 1 aromatic carbocycles. The van der Waals surface area contributed by atoms with Crippen LogP contribution >= 0.6 is 0 Å². The topological polar surface area (TPSA) is 41.5 Å². The number of aryl methyl sites for hydroxylation is 1. The highest BCUT2D eigenvalue weighted by molar-refractivity contribution is 5.47. The third-order valence-corrected chi connectivity index (χ3v) is 3.29. The average Bonchev–Trinajstić information content (AvgIpc) is 2.65. The first kappa shape index (κ1) is 11.3. The summed E-state index contributed by atoms with van der Waals surface area (Å²) in [4.78, 5) is 0. The molecule has 0 aliphatic carbocycles. The lowest BCUT2D eigenvalue weighted by Crippen LogP contribution is -2.14. The Hall–Kier alpha value is -1.22. The van der Waals surface area contributed by atoms with Crippen LogP contribution < -0.4 is 10.1 Å². The maximum atomic E-state index is 9.67. The van der Waals surface area contributed by atoms with Gasteiger partial charge in [-0.05, 0) is 49.1 Å². The standard InChI is InChI=1S/C13H19NO2/c1-8-4-11(14-7-8)10-6-13(16-3)12(15)5-9(10)2/h5-6,8,11,14-15H,4,7H2,1-3H3. The van der Waals surface area contributed by atoms with Crippen LogP contribution in [-0.4, -0.2) is 18.8 Å². The van der Waals surface area contributed by atoms with Gasteiger partial charge in [0.05, 0.1) is 7.11 Å². The predicted octanol–water partition coefficient (Wildman–Crippen LogP) is 2.38. The van der Waals surface area contributed by atoms with E-state index in [0.717, 1.165) is 18.5 Å². The van der Waals surface area contributed by atoms with E-state index in [1.807, 2.05) is 13.0 Å². The van der Waals surface area contributed by atoms with Crippen molar-refractivity contribution in [2.45, 2.75) is 26.3 Å². The van der Waals surface area contributed by atoms with Crippen molar-refractivity contribution in [3.05, 3.63) is 23.3 Å². The summed E-state index contributed by atoms with van der Waals surface area (Å²) in [7, 11) is 1.58. The van der Waals surface area contributed by atoms with Gasteiger partial charge in [0.1, 0.15) is 0 Å². The van der Waals surface area contributed by atoms with Crippen molar-refractivity contribution in [2.75, 3.05) is 13.7 Å². The Bertz CT molecular complexity index is 390. The van der Waals surface area contributed by atoms with Crippen LogP contribution in [-0.2, 0) is 0 Å². The summed E-state index contributed by atoms with van der Waals surface area (Å²) in [5.74, 6) is 1.49. The molecule has 2 N–H and O–H groups in total. The highest BCUT2D eigenvalue weighted by Gasteiger charge is 2.24. The molecule has 2 rings (SSSR count). The highest BCUT2D eigenvalue weighted by Crippen LogP contribution is 2.35. The van der Waals surface area contributed by atoms with Crippen LogP contribution in [0.4, 0.5) is 0 Å². The average molecular weight is 221 g/mol. The van der Waals surface area contributed by atoms with Crippen LogP contribution in [0.3, 0.4) is 0 Å². The lowest BCUT2D eigenvalue weighted by Gasteiger charge is -2.16. The number of benzene rings is 1. The maximum absolute atomic E-state index is 9.67. The monoisotopic (exact) mass is 221 g/mol. The summed E-state index contributed by atoms with van der Waals surface area (Å²) in [6.45, 7) is 5.34. The fraction of sp³-hybridized carbons (Fsp3) is 0.538. The minimum absolute atomic E-state index is 0.217. The third kappa shape index (κ3) is 2.00. The van der Waals surface area contributed by atoms with E-state index < -0.39 is 0 Å². The Morgan fingerprint density at radius 1 is 1.44 bits per heavy atom. The fourth-order valence-electron chi connectivity index (χ4n) is 2.38. The molecule has 0 saturated carbocycles. The number of hydrogen-bond donors (Lipinski definition) is 2. The lowest BCUT2D eigenvalue weighted by molar-refractivity contribution is 0.372. The first-order chi connectivity index (χ1) is 7.61. The second-order valence-electron chi connectivity index (χ2n) is 4.68. The maximum Gasteiger partial charge on any atom is 0.160 e. The first-order valence-corrected chi connectivity index (χ1v) is 5.72. The number of rotatable bonds is 2. The molecule has 1 aliphatic heterocycles. The highest BCUT2D eigenvalue weighted by atomic mass is 16.5. The van der Waals surface area contributed by atoms with E-state index >= 15 is 0 Å². The van der Waals surface area contributed by atoms with Gasteiger partial charge < -0.3 is 15.2 Å². The van der Waals surface area contributed by atoms with Gasteiger partial charge in [-0.25, -0.2) is 0 Å². The van der Waals surface area contributed by atoms with Crippen molar-refractivity contribution >= 4 is 0 Å². The van der Waals surface area contributed by atoms with Gasteiger partial charge in [0.2, 0.25) is 0 Å². The summed E-state index contributed by atoms with van der Waals surface area (Å²) in [6, 6.07) is 4.11. The van der Waals surface area contributed by atoms with E-state index in [9.17, 15) is 5.11 Å². The molecule has 0 amide bonds. The molecule has 1 saturated heterocycles. The molecule has 0 bridgehead atoms. The van der Waals surface area contributed by atoms with Crippen LogP contribution in [0, 0.1) is 12.8 Å². The van der Waals surface area contributed by atoms with Gasteiger partial charge >= 0.3 is 0 Å². The first-order valence-electron chi connectivity index (χ1n) is 5.72. The summed E-state index contributed by atoms with van der Waals surface area (Å²) >= 11 is 0. The molecule has 16 heavy (non-hydrogen) atoms. The van der Waals surface area contributed by atoms with E-state index in [1.54, 1.807) is 13.2 Å². The van der Waals surface area contributed by atoms with Gasteiger partial charge in [0.25, 0.3) is 0 Å². The predicted molar refractivity (Wildman–Crippen MR) is 63.9 cm³/mol.